The second-order valence-electron chi connectivity index (χ2n) is 7.10. The molecule has 3 aromatic rings. The van der Waals surface area contributed by atoms with Crippen molar-refractivity contribution in [3.8, 4) is 5.75 Å². The van der Waals surface area contributed by atoms with E-state index in [9.17, 15) is 9.90 Å². The quantitative estimate of drug-likeness (QED) is 0.621. The van der Waals surface area contributed by atoms with E-state index in [1.165, 1.54) is 5.56 Å². The number of carbonyl (C=O) groups is 1. The number of amides is 1. The smallest absolute Gasteiger partial charge is 0.262 e. The molecule has 1 aliphatic rings. The fourth-order valence-electron chi connectivity index (χ4n) is 3.66. The number of hydrogen-bond acceptors (Lipinski definition) is 3. The molecular weight excluding hydrogens is 348 g/mol. The van der Waals surface area contributed by atoms with Gasteiger partial charge in [-0.05, 0) is 48.7 Å². The number of nitrogens with zero attached hydrogens (tertiary/aromatic N) is 1. The van der Waals surface area contributed by atoms with Crippen LogP contribution in [0.1, 0.15) is 47.4 Å². The summed E-state index contributed by atoms with van der Waals surface area (Å²) in [7, 11) is 0. The molecule has 142 valence electrons. The Balaban J connectivity index is 1.77. The number of aromatic hydroxyl groups is 1. The van der Waals surface area contributed by atoms with E-state index in [1.807, 2.05) is 48.5 Å². The molecule has 0 saturated carbocycles. The minimum Gasteiger partial charge on any atom is -0.508 e. The topological polar surface area (TPSA) is 52.6 Å². The van der Waals surface area contributed by atoms with Crippen molar-refractivity contribution in [2.24, 2.45) is 0 Å². The molecule has 4 heteroatoms. The average Bonchev–Trinajstić information content (AvgIpc) is 2.73. The summed E-state index contributed by atoms with van der Waals surface area (Å²) in [5.74, 6) is 0.0839. The molecule has 0 spiro atoms. The SMILES string of the molecule is CCCCc1ccc(N2C(=O)c3ccccc3NC2c2ccccc2O)cc1. The second-order valence-corrected chi connectivity index (χ2v) is 7.10. The molecule has 1 aliphatic heterocycles. The minimum atomic E-state index is -0.481. The van der Waals surface area contributed by atoms with E-state index in [0.717, 1.165) is 30.6 Å². The molecule has 1 atom stereocenters. The summed E-state index contributed by atoms with van der Waals surface area (Å²) in [5.41, 5.74) is 4.14. The molecule has 2 N–H and O–H groups in total. The van der Waals surface area contributed by atoms with Crippen LogP contribution in [-0.2, 0) is 6.42 Å². The first kappa shape index (κ1) is 18.1. The van der Waals surface area contributed by atoms with E-state index in [0.29, 0.717) is 11.1 Å². The van der Waals surface area contributed by atoms with Crippen LogP contribution >= 0.6 is 0 Å². The number of phenolic OH excluding ortho intramolecular Hbond substituents is 1. The van der Waals surface area contributed by atoms with Gasteiger partial charge < -0.3 is 10.4 Å². The first-order valence-corrected chi connectivity index (χ1v) is 9.75. The lowest BCUT2D eigenvalue weighted by molar-refractivity contribution is 0.0974. The predicted molar refractivity (Wildman–Crippen MR) is 113 cm³/mol. The maximum absolute atomic E-state index is 13.4. The van der Waals surface area contributed by atoms with Crippen LogP contribution in [0.25, 0.3) is 0 Å². The standard InChI is InChI=1S/C24H24N2O2/c1-2-3-8-17-13-15-18(16-14-17)26-23(20-10-5-7-12-22(20)27)25-21-11-6-4-9-19(21)24(26)28/h4-7,9-16,23,25,27H,2-3,8H2,1H3. The fraction of sp³-hybridized carbons (Fsp3) is 0.208. The van der Waals surface area contributed by atoms with Crippen molar-refractivity contribution < 1.29 is 9.90 Å². The van der Waals surface area contributed by atoms with E-state index >= 15 is 0 Å². The Morgan fingerprint density at radius 3 is 2.43 bits per heavy atom. The van der Waals surface area contributed by atoms with Crippen LogP contribution in [0.2, 0.25) is 0 Å². The third-order valence-electron chi connectivity index (χ3n) is 5.19. The van der Waals surface area contributed by atoms with E-state index in [1.54, 1.807) is 17.0 Å². The first-order chi connectivity index (χ1) is 13.7. The molecule has 0 fully saturated rings. The van der Waals surface area contributed by atoms with Crippen molar-refractivity contribution >= 4 is 17.3 Å². The number of nitrogens with one attached hydrogen (secondary N) is 1. The molecule has 1 amide bonds. The fourth-order valence-corrected chi connectivity index (χ4v) is 3.66. The highest BCUT2D eigenvalue weighted by Gasteiger charge is 2.35. The largest absolute Gasteiger partial charge is 0.508 e. The van der Waals surface area contributed by atoms with Gasteiger partial charge in [0.05, 0.1) is 5.56 Å². The van der Waals surface area contributed by atoms with Gasteiger partial charge in [0.1, 0.15) is 11.9 Å². The highest BCUT2D eigenvalue weighted by atomic mass is 16.3. The number of rotatable bonds is 5. The molecule has 0 radical (unpaired) electrons. The Hall–Kier alpha value is -3.27. The number of hydrogen-bond donors (Lipinski definition) is 2. The lowest BCUT2D eigenvalue weighted by Gasteiger charge is -2.38. The van der Waals surface area contributed by atoms with Crippen LogP contribution in [0.3, 0.4) is 0 Å². The zero-order valence-corrected chi connectivity index (χ0v) is 15.9. The zero-order chi connectivity index (χ0) is 19.5. The van der Waals surface area contributed by atoms with Gasteiger partial charge in [-0.15, -0.1) is 0 Å². The third kappa shape index (κ3) is 3.33. The maximum Gasteiger partial charge on any atom is 0.262 e. The molecule has 4 rings (SSSR count). The molecular formula is C24H24N2O2. The number of unbranched alkanes of at least 4 members (excludes halogenated alkanes) is 1. The highest BCUT2D eigenvalue weighted by Crippen LogP contribution is 2.39. The normalized spacial score (nSPS) is 15.8. The Morgan fingerprint density at radius 2 is 1.68 bits per heavy atom. The van der Waals surface area contributed by atoms with Crippen molar-refractivity contribution in [2.45, 2.75) is 32.4 Å². The molecule has 0 saturated heterocycles. The maximum atomic E-state index is 13.4. The lowest BCUT2D eigenvalue weighted by Crippen LogP contribution is -2.43. The third-order valence-corrected chi connectivity index (χ3v) is 5.19. The molecule has 4 nitrogen and oxygen atoms in total. The van der Waals surface area contributed by atoms with Gasteiger partial charge in [-0.1, -0.05) is 55.8 Å². The lowest BCUT2D eigenvalue weighted by atomic mass is 10.0. The number of anilines is 2. The molecule has 0 bridgehead atoms. The molecule has 28 heavy (non-hydrogen) atoms. The van der Waals surface area contributed by atoms with Crippen molar-refractivity contribution in [2.75, 3.05) is 10.2 Å². The highest BCUT2D eigenvalue weighted by molar-refractivity contribution is 6.12. The van der Waals surface area contributed by atoms with Gasteiger partial charge in [0.25, 0.3) is 5.91 Å². The van der Waals surface area contributed by atoms with Crippen LogP contribution < -0.4 is 10.2 Å². The summed E-state index contributed by atoms with van der Waals surface area (Å²) in [4.78, 5) is 15.1. The molecule has 0 aromatic heterocycles. The van der Waals surface area contributed by atoms with Crippen LogP contribution in [-0.4, -0.2) is 11.0 Å². The summed E-state index contributed by atoms with van der Waals surface area (Å²) in [6.45, 7) is 2.18. The summed E-state index contributed by atoms with van der Waals surface area (Å²) >= 11 is 0. The van der Waals surface area contributed by atoms with Crippen molar-refractivity contribution in [3.63, 3.8) is 0 Å². The summed E-state index contributed by atoms with van der Waals surface area (Å²) < 4.78 is 0. The van der Waals surface area contributed by atoms with E-state index < -0.39 is 6.17 Å². The Morgan fingerprint density at radius 1 is 0.964 bits per heavy atom. The number of fused-ring (bicyclic) bond motifs is 1. The monoisotopic (exact) mass is 372 g/mol. The van der Waals surface area contributed by atoms with Crippen LogP contribution in [0, 0.1) is 0 Å². The van der Waals surface area contributed by atoms with E-state index in [2.05, 4.69) is 24.4 Å². The van der Waals surface area contributed by atoms with Gasteiger partial charge in [-0.3, -0.25) is 9.69 Å². The van der Waals surface area contributed by atoms with Gasteiger partial charge in [-0.2, -0.15) is 0 Å². The van der Waals surface area contributed by atoms with Gasteiger partial charge >= 0.3 is 0 Å². The van der Waals surface area contributed by atoms with Crippen molar-refractivity contribution in [1.29, 1.82) is 0 Å². The number of aryl methyl sites for hydroxylation is 1. The molecule has 1 unspecified atom stereocenters. The van der Waals surface area contributed by atoms with Gasteiger partial charge in [0.2, 0.25) is 0 Å². The Bertz CT molecular complexity index is 982. The minimum absolute atomic E-state index is 0.0797. The Labute approximate surface area is 165 Å². The van der Waals surface area contributed by atoms with E-state index in [4.69, 9.17) is 0 Å². The van der Waals surface area contributed by atoms with Crippen LogP contribution in [0.4, 0.5) is 11.4 Å². The number of phenols is 1. The number of carbonyl (C=O) groups excluding carboxylic acids is 1. The van der Waals surface area contributed by atoms with Crippen molar-refractivity contribution in [1.82, 2.24) is 0 Å². The van der Waals surface area contributed by atoms with Crippen LogP contribution in [0.15, 0.2) is 72.8 Å². The molecule has 0 aliphatic carbocycles. The van der Waals surface area contributed by atoms with Crippen molar-refractivity contribution in [3.05, 3.63) is 89.5 Å². The first-order valence-electron chi connectivity index (χ1n) is 9.75. The van der Waals surface area contributed by atoms with Crippen LogP contribution in [0.5, 0.6) is 5.75 Å². The second kappa shape index (κ2) is 7.77. The van der Waals surface area contributed by atoms with Gasteiger partial charge in [-0.25, -0.2) is 0 Å². The van der Waals surface area contributed by atoms with Gasteiger partial charge in [0.15, 0.2) is 0 Å². The molecule has 3 aromatic carbocycles. The molecule has 1 heterocycles. The van der Waals surface area contributed by atoms with Gasteiger partial charge in [0, 0.05) is 16.9 Å². The summed E-state index contributed by atoms with van der Waals surface area (Å²) in [5, 5.41) is 13.9. The van der Waals surface area contributed by atoms with E-state index in [-0.39, 0.29) is 11.7 Å². The average molecular weight is 372 g/mol. The Kier molecular flexibility index (Phi) is 5.02. The zero-order valence-electron chi connectivity index (χ0n) is 15.9. The number of benzene rings is 3. The summed E-state index contributed by atoms with van der Waals surface area (Å²) in [6.07, 6.45) is 2.86. The number of para-hydroxylation sites is 2. The summed E-state index contributed by atoms with van der Waals surface area (Å²) in [6, 6.07) is 22.8. The predicted octanol–water partition coefficient (Wildman–Crippen LogP) is 5.51.